The number of rotatable bonds is 12. The van der Waals surface area contributed by atoms with Crippen LogP contribution in [0.25, 0.3) is 5.57 Å². The summed E-state index contributed by atoms with van der Waals surface area (Å²) >= 11 is 0. The number of nitrogens with one attached hydrogen (secondary N) is 1. The topological polar surface area (TPSA) is 139 Å². The van der Waals surface area contributed by atoms with Crippen molar-refractivity contribution in [2.24, 2.45) is 22.6 Å². The Morgan fingerprint density at radius 1 is 1.06 bits per heavy atom. The van der Waals surface area contributed by atoms with Gasteiger partial charge in [-0.15, -0.1) is 0 Å². The van der Waals surface area contributed by atoms with Crippen molar-refractivity contribution in [3.05, 3.63) is 65.4 Å². The number of benzene rings is 2. The van der Waals surface area contributed by atoms with Gasteiger partial charge < -0.3 is 30.2 Å². The summed E-state index contributed by atoms with van der Waals surface area (Å²) in [5.41, 5.74) is 10.3. The largest absolute Gasteiger partial charge is 0.495 e. The number of ether oxygens (including phenoxy) is 3. The fraction of sp³-hybridized carbons (Fsp3) is 0.550. The number of methoxy groups -OCH3 is 1. The highest BCUT2D eigenvalue weighted by molar-refractivity contribution is 6.10. The predicted molar refractivity (Wildman–Crippen MR) is 196 cm³/mol. The maximum absolute atomic E-state index is 14.2. The van der Waals surface area contributed by atoms with Crippen LogP contribution in [0, 0.1) is 23.2 Å². The van der Waals surface area contributed by atoms with Crippen LogP contribution < -0.4 is 20.7 Å². The molecule has 268 valence electrons. The molecule has 10 nitrogen and oxygen atoms in total. The van der Waals surface area contributed by atoms with Crippen molar-refractivity contribution in [3.63, 3.8) is 0 Å². The van der Waals surface area contributed by atoms with Gasteiger partial charge in [-0.3, -0.25) is 9.79 Å². The van der Waals surface area contributed by atoms with Gasteiger partial charge in [0.15, 0.2) is 0 Å². The van der Waals surface area contributed by atoms with Crippen LogP contribution >= 0.6 is 0 Å². The number of nitriles is 1. The van der Waals surface area contributed by atoms with Gasteiger partial charge >= 0.3 is 6.09 Å². The lowest BCUT2D eigenvalue weighted by Gasteiger charge is -2.35. The molecule has 0 radical (unpaired) electrons. The number of nitrogens with two attached hydrogens (primary N) is 1. The molecule has 50 heavy (non-hydrogen) atoms. The lowest BCUT2D eigenvalue weighted by atomic mass is 9.78. The van der Waals surface area contributed by atoms with Gasteiger partial charge in [-0.25, -0.2) is 4.79 Å². The number of carbonyl (C=O) groups is 2. The van der Waals surface area contributed by atoms with Crippen molar-refractivity contribution in [2.45, 2.75) is 95.6 Å². The lowest BCUT2D eigenvalue weighted by Crippen LogP contribution is -2.41. The molecule has 0 bridgehead atoms. The fourth-order valence-corrected chi connectivity index (χ4v) is 7.46. The molecule has 2 aliphatic carbocycles. The number of hydrogen-bond acceptors (Lipinski definition) is 8. The summed E-state index contributed by atoms with van der Waals surface area (Å²) in [5.74, 6) is 1.64. The van der Waals surface area contributed by atoms with Crippen LogP contribution in [-0.4, -0.2) is 63.8 Å². The van der Waals surface area contributed by atoms with E-state index in [1.165, 1.54) is 18.2 Å². The zero-order valence-electron chi connectivity index (χ0n) is 29.6. The lowest BCUT2D eigenvalue weighted by molar-refractivity contribution is -0.123. The molecule has 10 heteroatoms. The highest BCUT2D eigenvalue weighted by Crippen LogP contribution is 2.39. The van der Waals surface area contributed by atoms with Gasteiger partial charge in [0.25, 0.3) is 0 Å². The van der Waals surface area contributed by atoms with Crippen LogP contribution in [-0.2, 0) is 14.3 Å². The standard InChI is InChI=1S/C40H53N5O5/c1-28(27-50-40(47)44-36-17-19-49-20-18-36)43-25-35(24-42)32-9-6-10-37(22-32)45(39(46)31-7-4-3-5-8-31)26-29-11-13-30(14-12-29)33-15-16-38(48-2)34(21-33)23-41/h6,9-10,15-16,21-22,24-25,28-31,36H,3-5,7-8,11-14,17-20,26-27,42H2,1-2H3,(H,44,47)/b35-24+,43-25?. The molecule has 2 aromatic rings. The predicted octanol–water partition coefficient (Wildman–Crippen LogP) is 7.12. The molecule has 3 fully saturated rings. The second-order valence-electron chi connectivity index (χ2n) is 14.0. The van der Waals surface area contributed by atoms with Crippen LogP contribution in [0.2, 0.25) is 0 Å². The zero-order chi connectivity index (χ0) is 35.3. The Kier molecular flexibility index (Phi) is 13.7. The number of carbonyl (C=O) groups excluding carboxylic acids is 2. The summed E-state index contributed by atoms with van der Waals surface area (Å²) < 4.78 is 16.1. The average Bonchev–Trinajstić information content (AvgIpc) is 3.17. The van der Waals surface area contributed by atoms with Crippen LogP contribution in [0.5, 0.6) is 5.75 Å². The van der Waals surface area contributed by atoms with E-state index in [0.717, 1.165) is 81.0 Å². The molecule has 2 amide bonds. The monoisotopic (exact) mass is 683 g/mol. The molecular formula is C40H53N5O5. The number of nitrogens with zero attached hydrogens (tertiary/aromatic N) is 3. The first-order valence-corrected chi connectivity index (χ1v) is 18.3. The number of anilines is 1. The molecular weight excluding hydrogens is 630 g/mol. The normalized spacial score (nSPS) is 21.3. The Labute approximate surface area is 297 Å². The Bertz CT molecular complexity index is 1530. The highest BCUT2D eigenvalue weighted by Gasteiger charge is 2.31. The number of amides is 2. The molecule has 1 heterocycles. The SMILES string of the molecule is COc1ccc(C2CCC(CN(C(=O)C3CCCCC3)c3cccc(/C(C=NC(C)COC(=O)NC4CCOCC4)=C/N)c3)CC2)cc1C#N. The third-order valence-electron chi connectivity index (χ3n) is 10.5. The van der Waals surface area contributed by atoms with E-state index in [1.54, 1.807) is 13.3 Å². The third kappa shape index (κ3) is 10.1. The minimum Gasteiger partial charge on any atom is -0.495 e. The van der Waals surface area contributed by atoms with Crippen molar-refractivity contribution in [1.29, 1.82) is 5.26 Å². The van der Waals surface area contributed by atoms with Crippen LogP contribution in [0.4, 0.5) is 10.5 Å². The van der Waals surface area contributed by atoms with E-state index in [4.69, 9.17) is 19.9 Å². The molecule has 1 atom stereocenters. The maximum atomic E-state index is 14.2. The molecule has 1 unspecified atom stereocenters. The van der Waals surface area contributed by atoms with E-state index in [0.29, 0.717) is 42.9 Å². The summed E-state index contributed by atoms with van der Waals surface area (Å²) in [5, 5.41) is 12.5. The fourth-order valence-electron chi connectivity index (χ4n) is 7.46. The van der Waals surface area contributed by atoms with Crippen molar-refractivity contribution >= 4 is 29.5 Å². The number of aliphatic imine (C=N–C) groups is 1. The molecule has 2 saturated carbocycles. The summed E-state index contributed by atoms with van der Waals surface area (Å²) in [4.78, 5) is 33.1. The minimum atomic E-state index is -0.439. The molecule has 3 aliphatic rings. The van der Waals surface area contributed by atoms with E-state index in [9.17, 15) is 14.9 Å². The number of allylic oxidation sites excluding steroid dienone is 1. The Hall–Kier alpha value is -4.36. The second-order valence-corrected chi connectivity index (χ2v) is 14.0. The molecule has 1 saturated heterocycles. The van der Waals surface area contributed by atoms with Gasteiger partial charge in [0.1, 0.15) is 18.4 Å². The first-order valence-electron chi connectivity index (χ1n) is 18.3. The smallest absolute Gasteiger partial charge is 0.407 e. The van der Waals surface area contributed by atoms with Gasteiger partial charge in [0.05, 0.1) is 18.7 Å². The Morgan fingerprint density at radius 2 is 1.82 bits per heavy atom. The molecule has 0 aromatic heterocycles. The Balaban J connectivity index is 1.24. The highest BCUT2D eigenvalue weighted by atomic mass is 16.5. The number of hydrogen-bond donors (Lipinski definition) is 2. The van der Waals surface area contributed by atoms with Gasteiger partial charge in [-0.1, -0.05) is 37.5 Å². The minimum absolute atomic E-state index is 0.0445. The van der Waals surface area contributed by atoms with Gasteiger partial charge in [-0.05, 0) is 106 Å². The summed E-state index contributed by atoms with van der Waals surface area (Å²) in [6.45, 7) is 4.00. The average molecular weight is 684 g/mol. The van der Waals surface area contributed by atoms with E-state index in [-0.39, 0.29) is 30.5 Å². The van der Waals surface area contributed by atoms with Crippen molar-refractivity contribution < 1.29 is 23.8 Å². The maximum Gasteiger partial charge on any atom is 0.407 e. The first kappa shape index (κ1) is 36.9. The quantitative estimate of drug-likeness (QED) is 0.227. The molecule has 3 N–H and O–H groups in total. The van der Waals surface area contributed by atoms with E-state index in [2.05, 4.69) is 22.4 Å². The van der Waals surface area contributed by atoms with Crippen molar-refractivity contribution in [3.8, 4) is 11.8 Å². The van der Waals surface area contributed by atoms with E-state index < -0.39 is 6.09 Å². The summed E-state index contributed by atoms with van der Waals surface area (Å²) in [6, 6.07) is 16.0. The van der Waals surface area contributed by atoms with Crippen molar-refractivity contribution in [1.82, 2.24) is 5.32 Å². The van der Waals surface area contributed by atoms with Gasteiger partial charge in [0.2, 0.25) is 5.91 Å². The van der Waals surface area contributed by atoms with Gasteiger partial charge in [0, 0.05) is 55.4 Å². The molecule has 0 spiro atoms. The Morgan fingerprint density at radius 3 is 2.52 bits per heavy atom. The van der Waals surface area contributed by atoms with E-state index >= 15 is 0 Å². The molecule has 5 rings (SSSR count). The van der Waals surface area contributed by atoms with Crippen LogP contribution in [0.1, 0.15) is 100 Å². The molecule has 1 aliphatic heterocycles. The first-order chi connectivity index (χ1) is 24.4. The van der Waals surface area contributed by atoms with Gasteiger partial charge in [-0.2, -0.15) is 5.26 Å². The van der Waals surface area contributed by atoms with Crippen LogP contribution in [0.3, 0.4) is 0 Å². The summed E-state index contributed by atoms with van der Waals surface area (Å²) in [7, 11) is 1.59. The number of alkyl carbamates (subject to hydrolysis) is 1. The summed E-state index contributed by atoms with van der Waals surface area (Å²) in [6.07, 6.45) is 13.7. The zero-order valence-corrected chi connectivity index (χ0v) is 29.6. The third-order valence-corrected chi connectivity index (χ3v) is 10.5. The molecule has 2 aromatic carbocycles. The second kappa shape index (κ2) is 18.6. The van der Waals surface area contributed by atoms with E-state index in [1.807, 2.05) is 48.2 Å². The van der Waals surface area contributed by atoms with Crippen molar-refractivity contribution in [2.75, 3.05) is 38.4 Å². The van der Waals surface area contributed by atoms with Crippen LogP contribution in [0.15, 0.2) is 53.7 Å².